The van der Waals surface area contributed by atoms with Gasteiger partial charge in [-0.05, 0) is 0 Å². The van der Waals surface area contributed by atoms with Crippen LogP contribution < -0.4 is 0 Å². The molecule has 1 N–H and O–H groups in total. The monoisotopic (exact) mass is 164 g/mol. The molecular formula is C6H9ClO3. The zero-order valence-corrected chi connectivity index (χ0v) is 6.17. The maximum atomic E-state index is 10.6. The molecule has 3 nitrogen and oxygen atoms in total. The van der Waals surface area contributed by atoms with Gasteiger partial charge in [0.2, 0.25) is 0 Å². The van der Waals surface area contributed by atoms with Crippen LogP contribution in [0.4, 0.5) is 0 Å². The highest BCUT2D eigenvalue weighted by Gasteiger charge is 2.25. The molecule has 10 heavy (non-hydrogen) atoms. The maximum absolute atomic E-state index is 10.6. The van der Waals surface area contributed by atoms with Gasteiger partial charge in [-0.25, -0.2) is 0 Å². The fourth-order valence-corrected chi connectivity index (χ4v) is 1.14. The summed E-state index contributed by atoms with van der Waals surface area (Å²) in [7, 11) is 0. The highest BCUT2D eigenvalue weighted by Crippen LogP contribution is 2.15. The van der Waals surface area contributed by atoms with Crippen molar-refractivity contribution in [3.05, 3.63) is 0 Å². The van der Waals surface area contributed by atoms with Crippen molar-refractivity contribution in [3.63, 3.8) is 0 Å². The summed E-state index contributed by atoms with van der Waals surface area (Å²) in [4.78, 5) is 10.6. The molecular weight excluding hydrogens is 156 g/mol. The standard InChI is InChI=1S/C6H9ClO3/c7-3-5-1-4(8)2-6(9)10-5/h4-5,8H,1-3H2/t4-,5-/m1/s1. The van der Waals surface area contributed by atoms with Crippen molar-refractivity contribution in [1.29, 1.82) is 0 Å². The molecule has 0 aromatic carbocycles. The number of ether oxygens (including phenoxy) is 1. The Morgan fingerprint density at radius 3 is 3.00 bits per heavy atom. The summed E-state index contributed by atoms with van der Waals surface area (Å²) in [5.74, 6) is -0.0904. The maximum Gasteiger partial charge on any atom is 0.308 e. The number of halogens is 1. The van der Waals surface area contributed by atoms with Crippen LogP contribution in [-0.4, -0.2) is 29.2 Å². The second-order valence-electron chi connectivity index (χ2n) is 2.36. The lowest BCUT2D eigenvalue weighted by Gasteiger charge is -2.23. The summed E-state index contributed by atoms with van der Waals surface area (Å²) in [5.41, 5.74) is 0. The van der Waals surface area contributed by atoms with Crippen LogP contribution in [0.25, 0.3) is 0 Å². The van der Waals surface area contributed by atoms with Crippen LogP contribution in [0, 0.1) is 0 Å². The van der Waals surface area contributed by atoms with Gasteiger partial charge in [-0.15, -0.1) is 11.6 Å². The van der Waals surface area contributed by atoms with Crippen molar-refractivity contribution in [2.75, 3.05) is 5.88 Å². The van der Waals surface area contributed by atoms with Crippen molar-refractivity contribution in [3.8, 4) is 0 Å². The highest BCUT2D eigenvalue weighted by molar-refractivity contribution is 6.18. The van der Waals surface area contributed by atoms with Gasteiger partial charge in [0.05, 0.1) is 18.4 Å². The van der Waals surface area contributed by atoms with E-state index < -0.39 is 6.10 Å². The fraction of sp³-hybridized carbons (Fsp3) is 0.833. The average molecular weight is 165 g/mol. The Bertz CT molecular complexity index is 137. The summed E-state index contributed by atoms with van der Waals surface area (Å²) in [5, 5.41) is 9.02. The zero-order valence-electron chi connectivity index (χ0n) is 5.42. The zero-order chi connectivity index (χ0) is 7.56. The normalized spacial score (nSPS) is 33.6. The Morgan fingerprint density at radius 1 is 1.80 bits per heavy atom. The largest absolute Gasteiger partial charge is 0.461 e. The van der Waals surface area contributed by atoms with Crippen molar-refractivity contribution in [2.24, 2.45) is 0 Å². The summed E-state index contributed by atoms with van der Waals surface area (Å²) < 4.78 is 4.78. The predicted octanol–water partition coefficient (Wildman–Crippen LogP) is 0.292. The lowest BCUT2D eigenvalue weighted by Crippen LogP contribution is -2.33. The van der Waals surface area contributed by atoms with Gasteiger partial charge in [0.1, 0.15) is 6.10 Å². The van der Waals surface area contributed by atoms with Gasteiger partial charge in [0.15, 0.2) is 0 Å². The van der Waals surface area contributed by atoms with Gasteiger partial charge < -0.3 is 9.84 Å². The molecule has 0 bridgehead atoms. The van der Waals surface area contributed by atoms with Gasteiger partial charge in [-0.2, -0.15) is 0 Å². The van der Waals surface area contributed by atoms with Crippen LogP contribution in [0.15, 0.2) is 0 Å². The summed E-state index contributed by atoms with van der Waals surface area (Å²) in [6.07, 6.45) is -0.286. The molecule has 4 heteroatoms. The smallest absolute Gasteiger partial charge is 0.308 e. The second kappa shape index (κ2) is 3.21. The predicted molar refractivity (Wildman–Crippen MR) is 35.8 cm³/mol. The number of alkyl halides is 1. The van der Waals surface area contributed by atoms with Crippen molar-refractivity contribution < 1.29 is 14.6 Å². The van der Waals surface area contributed by atoms with E-state index in [1.165, 1.54) is 0 Å². The number of rotatable bonds is 1. The first-order valence-electron chi connectivity index (χ1n) is 3.16. The fourth-order valence-electron chi connectivity index (χ4n) is 0.956. The first-order valence-corrected chi connectivity index (χ1v) is 3.69. The van der Waals surface area contributed by atoms with Gasteiger partial charge in [-0.3, -0.25) is 4.79 Å². The lowest BCUT2D eigenvalue weighted by molar-refractivity contribution is -0.158. The molecule has 1 rings (SSSR count). The Morgan fingerprint density at radius 2 is 2.50 bits per heavy atom. The number of aliphatic hydroxyl groups excluding tert-OH is 1. The molecule has 0 radical (unpaired) electrons. The van der Waals surface area contributed by atoms with Crippen LogP contribution in [0.1, 0.15) is 12.8 Å². The van der Waals surface area contributed by atoms with E-state index in [9.17, 15) is 4.79 Å². The molecule has 1 saturated heterocycles. The molecule has 1 aliphatic rings. The van der Waals surface area contributed by atoms with Gasteiger partial charge in [0, 0.05) is 6.42 Å². The van der Waals surface area contributed by atoms with Gasteiger partial charge in [-0.1, -0.05) is 0 Å². The van der Waals surface area contributed by atoms with E-state index in [4.69, 9.17) is 21.4 Å². The molecule has 0 saturated carbocycles. The number of esters is 1. The Labute approximate surface area is 63.9 Å². The van der Waals surface area contributed by atoms with E-state index in [0.717, 1.165) is 0 Å². The minimum atomic E-state index is -0.565. The Hall–Kier alpha value is -0.280. The molecule has 0 amide bonds. The van der Waals surface area contributed by atoms with E-state index in [2.05, 4.69) is 0 Å². The van der Waals surface area contributed by atoms with E-state index in [-0.39, 0.29) is 24.4 Å². The second-order valence-corrected chi connectivity index (χ2v) is 2.67. The van der Waals surface area contributed by atoms with E-state index >= 15 is 0 Å². The third kappa shape index (κ3) is 1.85. The number of aliphatic hydroxyl groups is 1. The van der Waals surface area contributed by atoms with Crippen LogP contribution in [0.3, 0.4) is 0 Å². The third-order valence-electron chi connectivity index (χ3n) is 1.41. The molecule has 1 heterocycles. The van der Waals surface area contributed by atoms with Crippen LogP contribution >= 0.6 is 11.6 Å². The Kier molecular flexibility index (Phi) is 2.51. The minimum Gasteiger partial charge on any atom is -0.461 e. The summed E-state index contributed by atoms with van der Waals surface area (Å²) in [6, 6.07) is 0. The number of carbonyl (C=O) groups excluding carboxylic acids is 1. The van der Waals surface area contributed by atoms with Crippen molar-refractivity contribution >= 4 is 17.6 Å². The number of hydrogen-bond donors (Lipinski definition) is 1. The molecule has 0 aromatic rings. The third-order valence-corrected chi connectivity index (χ3v) is 1.75. The molecule has 0 unspecified atom stereocenters. The first-order chi connectivity index (χ1) is 4.72. The SMILES string of the molecule is O=C1C[C@H](O)C[C@H](CCl)O1. The van der Waals surface area contributed by atoms with Crippen LogP contribution in [0.2, 0.25) is 0 Å². The van der Waals surface area contributed by atoms with Crippen molar-refractivity contribution in [2.45, 2.75) is 25.0 Å². The average Bonchev–Trinajstić information content (AvgIpc) is 1.85. The first kappa shape index (κ1) is 7.82. The number of carbonyl (C=O) groups is 1. The molecule has 2 atom stereocenters. The topological polar surface area (TPSA) is 46.5 Å². The highest BCUT2D eigenvalue weighted by atomic mass is 35.5. The lowest BCUT2D eigenvalue weighted by atomic mass is 10.1. The molecule has 1 fully saturated rings. The summed E-state index contributed by atoms with van der Waals surface area (Å²) >= 11 is 5.42. The quantitative estimate of drug-likeness (QED) is 0.448. The molecule has 0 aliphatic carbocycles. The number of cyclic esters (lactones) is 1. The molecule has 58 valence electrons. The van der Waals surface area contributed by atoms with E-state index in [1.54, 1.807) is 0 Å². The number of hydrogen-bond acceptors (Lipinski definition) is 3. The van der Waals surface area contributed by atoms with E-state index in [1.807, 2.05) is 0 Å². The van der Waals surface area contributed by atoms with Crippen molar-refractivity contribution in [1.82, 2.24) is 0 Å². The summed E-state index contributed by atoms with van der Waals surface area (Å²) in [6.45, 7) is 0. The van der Waals surface area contributed by atoms with Gasteiger partial charge in [0.25, 0.3) is 0 Å². The molecule has 0 spiro atoms. The minimum absolute atomic E-state index is 0.105. The molecule has 0 aromatic heterocycles. The van der Waals surface area contributed by atoms with Gasteiger partial charge >= 0.3 is 5.97 Å². The van der Waals surface area contributed by atoms with Crippen LogP contribution in [0.5, 0.6) is 0 Å². The molecule has 1 aliphatic heterocycles. The Balaban J connectivity index is 2.42. The van der Waals surface area contributed by atoms with E-state index in [0.29, 0.717) is 6.42 Å². The van der Waals surface area contributed by atoms with Crippen LogP contribution in [-0.2, 0) is 9.53 Å².